The minimum absolute atomic E-state index is 0.130. The van der Waals surface area contributed by atoms with Crippen molar-refractivity contribution in [2.45, 2.75) is 0 Å². The number of benzene rings is 3. The summed E-state index contributed by atoms with van der Waals surface area (Å²) in [6, 6.07) is 18.9. The molecule has 3 aromatic carbocycles. The van der Waals surface area contributed by atoms with Gasteiger partial charge in [-0.3, -0.25) is 14.9 Å². The van der Waals surface area contributed by atoms with Crippen LogP contribution in [0.15, 0.2) is 77.7 Å². The van der Waals surface area contributed by atoms with Gasteiger partial charge in [0, 0.05) is 34.0 Å². The van der Waals surface area contributed by atoms with E-state index in [2.05, 4.69) is 10.1 Å². The van der Waals surface area contributed by atoms with Gasteiger partial charge in [-0.2, -0.15) is 14.6 Å². The summed E-state index contributed by atoms with van der Waals surface area (Å²) in [4.78, 5) is 29.4. The van der Waals surface area contributed by atoms with Crippen LogP contribution in [0.25, 0.3) is 39.4 Å². The molecule has 0 amide bonds. The fourth-order valence-corrected chi connectivity index (χ4v) is 5.56. The molecule has 13 heteroatoms. The number of nitrogens with zero attached hydrogens (tertiary/aromatic N) is 6. The van der Waals surface area contributed by atoms with Crippen LogP contribution >= 0.6 is 34.5 Å². The van der Waals surface area contributed by atoms with E-state index in [0.717, 1.165) is 17.0 Å². The molecular weight excluding hydrogens is 575 g/mol. The van der Waals surface area contributed by atoms with Crippen molar-refractivity contribution in [3.05, 3.63) is 114 Å². The number of rotatable bonds is 6. The van der Waals surface area contributed by atoms with Gasteiger partial charge in [-0.25, -0.2) is 4.68 Å². The van der Waals surface area contributed by atoms with Crippen LogP contribution in [0.2, 0.25) is 10.0 Å². The Hall–Kier alpha value is -4.58. The molecule has 0 unspecified atom stereocenters. The predicted octanol–water partition coefficient (Wildman–Crippen LogP) is 5.44. The lowest BCUT2D eigenvalue weighted by Crippen LogP contribution is -2.23. The molecule has 6 aromatic rings. The summed E-state index contributed by atoms with van der Waals surface area (Å²) in [5.41, 5.74) is 2.27. The molecular formula is C27H16Cl2N6O4S. The number of halogens is 2. The van der Waals surface area contributed by atoms with E-state index < -0.39 is 4.92 Å². The summed E-state index contributed by atoms with van der Waals surface area (Å²) in [7, 11) is 1.37. The van der Waals surface area contributed by atoms with Gasteiger partial charge in [-0.15, -0.1) is 5.10 Å². The zero-order valence-corrected chi connectivity index (χ0v) is 22.8. The number of hydrogen-bond donors (Lipinski definition) is 0. The Balaban J connectivity index is 1.50. The number of nitro benzene ring substituents is 1. The average Bonchev–Trinajstić information content (AvgIpc) is 3.64. The first-order valence-corrected chi connectivity index (χ1v) is 13.2. The van der Waals surface area contributed by atoms with Crippen molar-refractivity contribution in [2.75, 3.05) is 7.11 Å². The smallest absolute Gasteiger partial charge is 0.311 e. The molecule has 0 aliphatic heterocycles. The maximum absolute atomic E-state index is 13.3. The highest BCUT2D eigenvalue weighted by molar-refractivity contribution is 7.15. The lowest BCUT2D eigenvalue weighted by atomic mass is 10.1. The molecule has 10 nitrogen and oxygen atoms in total. The second-order valence-electron chi connectivity index (χ2n) is 8.53. The van der Waals surface area contributed by atoms with Crippen LogP contribution in [0, 0.1) is 10.1 Å². The third-order valence-corrected chi connectivity index (χ3v) is 7.56. The SMILES string of the molecule is COc1ccc(-c2nn(-c3ccccc3)cc2C=c2sc3nc(-c4ccc(Cl)cc4Cl)nn3c2=O)cc1[N+](=O)[O-]. The molecule has 3 aromatic heterocycles. The average molecular weight is 591 g/mol. The summed E-state index contributed by atoms with van der Waals surface area (Å²) in [6.07, 6.45) is 3.44. The summed E-state index contributed by atoms with van der Waals surface area (Å²) >= 11 is 13.4. The molecule has 0 radical (unpaired) electrons. The fourth-order valence-electron chi connectivity index (χ4n) is 4.17. The van der Waals surface area contributed by atoms with E-state index >= 15 is 0 Å². The minimum atomic E-state index is -0.514. The number of fused-ring (bicyclic) bond motifs is 1. The Morgan fingerprint density at radius 1 is 1.05 bits per heavy atom. The third kappa shape index (κ3) is 4.60. The number of aromatic nitrogens is 5. The summed E-state index contributed by atoms with van der Waals surface area (Å²) in [5, 5.41) is 21.6. The van der Waals surface area contributed by atoms with Gasteiger partial charge in [-0.05, 0) is 48.5 Å². The van der Waals surface area contributed by atoms with Crippen molar-refractivity contribution in [1.82, 2.24) is 24.4 Å². The van der Waals surface area contributed by atoms with Gasteiger partial charge in [-0.1, -0.05) is 52.7 Å². The summed E-state index contributed by atoms with van der Waals surface area (Å²) in [5.74, 6) is 0.436. The first-order valence-electron chi connectivity index (χ1n) is 11.7. The van der Waals surface area contributed by atoms with Crippen LogP contribution in [-0.4, -0.2) is 36.4 Å². The van der Waals surface area contributed by atoms with Crippen LogP contribution in [0.1, 0.15) is 5.56 Å². The quantitative estimate of drug-likeness (QED) is 0.187. The normalized spacial score (nSPS) is 11.8. The summed E-state index contributed by atoms with van der Waals surface area (Å²) in [6.45, 7) is 0. The Labute approximate surface area is 239 Å². The molecule has 0 N–H and O–H groups in total. The van der Waals surface area contributed by atoms with Crippen molar-refractivity contribution < 1.29 is 9.66 Å². The maximum Gasteiger partial charge on any atom is 0.311 e. The molecule has 0 aliphatic rings. The van der Waals surface area contributed by atoms with Crippen molar-refractivity contribution in [3.8, 4) is 34.1 Å². The Kier molecular flexibility index (Phi) is 6.54. The highest BCUT2D eigenvalue weighted by Gasteiger charge is 2.20. The van der Waals surface area contributed by atoms with Gasteiger partial charge in [0.1, 0.15) is 5.69 Å². The molecule has 3 heterocycles. The number of ether oxygens (including phenoxy) is 1. The molecule has 198 valence electrons. The molecule has 0 bridgehead atoms. The highest BCUT2D eigenvalue weighted by atomic mass is 35.5. The second kappa shape index (κ2) is 10.2. The number of methoxy groups -OCH3 is 1. The molecule has 40 heavy (non-hydrogen) atoms. The number of thiazole rings is 1. The van der Waals surface area contributed by atoms with Crippen molar-refractivity contribution >= 4 is 51.3 Å². The minimum Gasteiger partial charge on any atom is -0.490 e. The first-order chi connectivity index (χ1) is 19.3. The maximum atomic E-state index is 13.3. The Morgan fingerprint density at radius 3 is 2.55 bits per heavy atom. The monoisotopic (exact) mass is 590 g/mol. The largest absolute Gasteiger partial charge is 0.490 e. The van der Waals surface area contributed by atoms with Crippen molar-refractivity contribution in [2.24, 2.45) is 0 Å². The highest BCUT2D eigenvalue weighted by Crippen LogP contribution is 2.34. The predicted molar refractivity (Wildman–Crippen MR) is 154 cm³/mol. The third-order valence-electron chi connectivity index (χ3n) is 6.05. The number of para-hydroxylation sites is 1. The van der Waals surface area contributed by atoms with Gasteiger partial charge < -0.3 is 4.74 Å². The molecule has 0 saturated heterocycles. The number of hydrogen-bond acceptors (Lipinski definition) is 8. The molecule has 6 rings (SSSR count). The van der Waals surface area contributed by atoms with Crippen LogP contribution < -0.4 is 14.8 Å². The molecule has 0 aliphatic carbocycles. The van der Waals surface area contributed by atoms with E-state index in [1.54, 1.807) is 41.2 Å². The van der Waals surface area contributed by atoms with Crippen LogP contribution in [-0.2, 0) is 0 Å². The first kappa shape index (κ1) is 25.7. The lowest BCUT2D eigenvalue weighted by Gasteiger charge is -2.04. The van der Waals surface area contributed by atoms with E-state index in [1.807, 2.05) is 30.3 Å². The molecule has 0 saturated carbocycles. The van der Waals surface area contributed by atoms with Gasteiger partial charge in [0.2, 0.25) is 4.96 Å². The fraction of sp³-hybridized carbons (Fsp3) is 0.0370. The zero-order valence-electron chi connectivity index (χ0n) is 20.5. The van der Waals surface area contributed by atoms with E-state index in [0.29, 0.717) is 47.7 Å². The van der Waals surface area contributed by atoms with E-state index in [1.165, 1.54) is 23.8 Å². The Bertz CT molecular complexity index is 2040. The second-order valence-corrected chi connectivity index (χ2v) is 10.4. The standard InChI is InChI=1S/C27H16Cl2N6O4S/c1-39-22-10-7-15(11-21(22)35(37)38)24-16(14-33(31-24)18-5-3-2-4-6-18)12-23-26(36)34-27(40-23)30-25(32-34)19-9-8-17(28)13-20(19)29/h2-14H,1H3. The van der Waals surface area contributed by atoms with E-state index in [9.17, 15) is 14.9 Å². The van der Waals surface area contributed by atoms with Crippen LogP contribution in [0.3, 0.4) is 0 Å². The summed E-state index contributed by atoms with van der Waals surface area (Å²) < 4.78 is 8.38. The lowest BCUT2D eigenvalue weighted by molar-refractivity contribution is -0.385. The van der Waals surface area contributed by atoms with Crippen LogP contribution in [0.4, 0.5) is 5.69 Å². The van der Waals surface area contributed by atoms with Gasteiger partial charge in [0.25, 0.3) is 5.56 Å². The van der Waals surface area contributed by atoms with Crippen molar-refractivity contribution in [1.29, 1.82) is 0 Å². The molecule has 0 spiro atoms. The Morgan fingerprint density at radius 2 is 1.85 bits per heavy atom. The molecule has 0 fully saturated rings. The number of nitro groups is 1. The van der Waals surface area contributed by atoms with Gasteiger partial charge >= 0.3 is 5.69 Å². The topological polar surface area (TPSA) is 117 Å². The molecule has 0 atom stereocenters. The van der Waals surface area contributed by atoms with Gasteiger partial charge in [0.05, 0.1) is 27.3 Å². The van der Waals surface area contributed by atoms with Crippen LogP contribution in [0.5, 0.6) is 5.75 Å². The van der Waals surface area contributed by atoms with E-state index in [-0.39, 0.29) is 17.0 Å². The van der Waals surface area contributed by atoms with Gasteiger partial charge in [0.15, 0.2) is 11.6 Å². The van der Waals surface area contributed by atoms with Crippen molar-refractivity contribution in [3.63, 3.8) is 0 Å². The van der Waals surface area contributed by atoms with E-state index in [4.69, 9.17) is 33.0 Å². The zero-order chi connectivity index (χ0) is 28.0.